The summed E-state index contributed by atoms with van der Waals surface area (Å²) in [6.45, 7) is 0. The van der Waals surface area contributed by atoms with Crippen molar-refractivity contribution in [2.45, 2.75) is 5.41 Å². The van der Waals surface area contributed by atoms with Crippen LogP contribution in [0.25, 0.3) is 67.5 Å². The highest BCUT2D eigenvalue weighted by molar-refractivity contribution is 5.94. The van der Waals surface area contributed by atoms with Crippen molar-refractivity contribution < 1.29 is 0 Å². The molecule has 7 aromatic carbocycles. The van der Waals surface area contributed by atoms with Gasteiger partial charge in [-0.3, -0.25) is 9.13 Å². The van der Waals surface area contributed by atoms with Crippen molar-refractivity contribution in [3.8, 4) is 56.4 Å². The number of nitrogens with zero attached hydrogens (tertiary/aromatic N) is 5. The normalized spacial score (nSPS) is 12.8. The first-order chi connectivity index (χ1) is 27.0. The van der Waals surface area contributed by atoms with Crippen LogP contribution in [0, 0.1) is 0 Å². The Morgan fingerprint density at radius 3 is 1.58 bits per heavy atom. The number of para-hydroxylation sites is 1. The molecule has 10 rings (SSSR count). The summed E-state index contributed by atoms with van der Waals surface area (Å²) in [5.74, 6) is 1.80. The second kappa shape index (κ2) is 12.7. The molecule has 0 aliphatic heterocycles. The van der Waals surface area contributed by atoms with Crippen LogP contribution in [-0.4, -0.2) is 24.1 Å². The van der Waals surface area contributed by atoms with Crippen molar-refractivity contribution >= 4 is 11.0 Å². The Morgan fingerprint density at radius 1 is 0.418 bits per heavy atom. The van der Waals surface area contributed by atoms with Gasteiger partial charge in [0.15, 0.2) is 17.5 Å². The first-order valence-corrected chi connectivity index (χ1v) is 18.5. The Hall–Kier alpha value is -7.18. The van der Waals surface area contributed by atoms with E-state index in [2.05, 4.69) is 133 Å². The zero-order valence-corrected chi connectivity index (χ0v) is 30.4. The van der Waals surface area contributed by atoms with Crippen molar-refractivity contribution in [1.29, 1.82) is 0 Å². The van der Waals surface area contributed by atoms with E-state index in [0.29, 0.717) is 17.5 Å². The lowest BCUT2D eigenvalue weighted by molar-refractivity contribution is 0.769. The van der Waals surface area contributed by atoms with E-state index in [1.54, 1.807) is 9.13 Å². The molecule has 1 aliphatic rings. The number of fused-ring (bicyclic) bond motifs is 4. The average molecular weight is 710 g/mol. The molecule has 55 heavy (non-hydrogen) atoms. The molecule has 0 saturated carbocycles. The first-order valence-electron chi connectivity index (χ1n) is 18.5. The Kier molecular flexibility index (Phi) is 7.52. The Bertz CT molecular complexity index is 2910. The molecule has 0 spiro atoms. The zero-order valence-electron chi connectivity index (χ0n) is 30.4. The number of imidazole rings is 1. The maximum absolute atomic E-state index is 12.8. The van der Waals surface area contributed by atoms with Crippen LogP contribution < -0.4 is 5.69 Å². The van der Waals surface area contributed by atoms with Gasteiger partial charge in [0, 0.05) is 36.3 Å². The van der Waals surface area contributed by atoms with Gasteiger partial charge in [0.25, 0.3) is 0 Å². The van der Waals surface area contributed by atoms with Gasteiger partial charge in [-0.05, 0) is 45.0 Å². The van der Waals surface area contributed by atoms with Crippen molar-refractivity contribution in [3.05, 3.63) is 209 Å². The van der Waals surface area contributed by atoms with Gasteiger partial charge in [0.05, 0.1) is 16.4 Å². The number of aromatic nitrogens is 5. The fraction of sp³-hybridized carbons (Fsp3) is 0.0612. The molecule has 2 aromatic heterocycles. The van der Waals surface area contributed by atoms with Gasteiger partial charge in [-0.2, -0.15) is 0 Å². The van der Waals surface area contributed by atoms with Crippen molar-refractivity contribution in [3.63, 3.8) is 0 Å². The Balaban J connectivity index is 1.20. The van der Waals surface area contributed by atoms with Crippen LogP contribution >= 0.6 is 0 Å². The molecule has 1 aliphatic carbocycles. The van der Waals surface area contributed by atoms with Crippen LogP contribution in [0.2, 0.25) is 0 Å². The van der Waals surface area contributed by atoms with Crippen LogP contribution in [0.1, 0.15) is 22.3 Å². The quantitative estimate of drug-likeness (QED) is 0.172. The number of aryl methyl sites for hydroxylation is 2. The van der Waals surface area contributed by atoms with E-state index in [4.69, 9.17) is 15.0 Å². The third kappa shape index (κ3) is 4.95. The molecular formula is C49H35N5O. The van der Waals surface area contributed by atoms with E-state index in [0.717, 1.165) is 50.0 Å². The van der Waals surface area contributed by atoms with E-state index < -0.39 is 5.41 Å². The van der Waals surface area contributed by atoms with Gasteiger partial charge in [0.1, 0.15) is 0 Å². The molecule has 0 radical (unpaired) electrons. The number of hydrogen-bond acceptors (Lipinski definition) is 4. The average Bonchev–Trinajstić information content (AvgIpc) is 3.69. The number of hydrogen-bond donors (Lipinski definition) is 0. The summed E-state index contributed by atoms with van der Waals surface area (Å²) in [5, 5.41) is 0. The lowest BCUT2D eigenvalue weighted by Gasteiger charge is -2.35. The number of rotatable bonds is 6. The fourth-order valence-electron chi connectivity index (χ4n) is 8.64. The standard InChI is InChI=1S/C49H35N5O/c1-53-42-27-15-23-37(44(42)54(2)48(53)55)32-28-30-34(31-29-32)46-50-45(33-16-6-3-7-17-33)51-47(52-46)40-25-14-24-39-38-22-12-13-26-41(38)49(43(39)40,35-18-8-4-9-19-35)36-20-10-5-11-21-36/h3-31H,1-2H3. The van der Waals surface area contributed by atoms with Crippen LogP contribution in [0.3, 0.4) is 0 Å². The molecule has 0 unspecified atom stereocenters. The van der Waals surface area contributed by atoms with Crippen molar-refractivity contribution in [2.24, 2.45) is 14.1 Å². The molecule has 0 bridgehead atoms. The van der Waals surface area contributed by atoms with Gasteiger partial charge in [-0.15, -0.1) is 0 Å². The van der Waals surface area contributed by atoms with E-state index in [1.165, 1.54) is 22.3 Å². The summed E-state index contributed by atoms with van der Waals surface area (Å²) in [6.07, 6.45) is 0. The molecule has 0 amide bonds. The zero-order chi connectivity index (χ0) is 37.1. The molecule has 6 nitrogen and oxygen atoms in total. The maximum atomic E-state index is 12.8. The summed E-state index contributed by atoms with van der Waals surface area (Å²) < 4.78 is 3.40. The molecule has 0 saturated heterocycles. The van der Waals surface area contributed by atoms with Crippen LogP contribution in [0.4, 0.5) is 0 Å². The molecule has 2 heterocycles. The van der Waals surface area contributed by atoms with Gasteiger partial charge >= 0.3 is 5.69 Å². The van der Waals surface area contributed by atoms with Crippen molar-refractivity contribution in [2.75, 3.05) is 0 Å². The van der Waals surface area contributed by atoms with Gasteiger partial charge in [0.2, 0.25) is 0 Å². The second-order valence-corrected chi connectivity index (χ2v) is 14.1. The second-order valence-electron chi connectivity index (χ2n) is 14.1. The highest BCUT2D eigenvalue weighted by Crippen LogP contribution is 2.58. The van der Waals surface area contributed by atoms with Gasteiger partial charge in [-0.1, -0.05) is 170 Å². The third-order valence-corrected chi connectivity index (χ3v) is 11.1. The minimum atomic E-state index is -0.620. The van der Waals surface area contributed by atoms with Crippen LogP contribution in [-0.2, 0) is 19.5 Å². The predicted molar refractivity (Wildman–Crippen MR) is 221 cm³/mol. The van der Waals surface area contributed by atoms with Gasteiger partial charge in [-0.25, -0.2) is 19.7 Å². The molecule has 9 aromatic rings. The van der Waals surface area contributed by atoms with Crippen LogP contribution in [0.15, 0.2) is 181 Å². The lowest BCUT2D eigenvalue weighted by atomic mass is 9.66. The molecule has 0 fully saturated rings. The summed E-state index contributed by atoms with van der Waals surface area (Å²) in [6, 6.07) is 61.3. The molecule has 262 valence electrons. The predicted octanol–water partition coefficient (Wildman–Crippen LogP) is 10.1. The SMILES string of the molecule is Cn1c(=O)n(C)c2c(-c3ccc(-c4nc(-c5ccccc5)nc(-c5cccc6c5C(c5ccccc5)(c5ccccc5)c5ccccc5-6)n4)cc3)cccc21. The molecule has 0 atom stereocenters. The fourth-order valence-corrected chi connectivity index (χ4v) is 8.64. The lowest BCUT2D eigenvalue weighted by Crippen LogP contribution is -2.29. The molecular weight excluding hydrogens is 675 g/mol. The maximum Gasteiger partial charge on any atom is 0.328 e. The van der Waals surface area contributed by atoms with Crippen molar-refractivity contribution in [1.82, 2.24) is 24.1 Å². The molecule has 6 heteroatoms. The largest absolute Gasteiger partial charge is 0.328 e. The van der Waals surface area contributed by atoms with E-state index in [1.807, 2.05) is 56.6 Å². The smallest absolute Gasteiger partial charge is 0.295 e. The van der Waals surface area contributed by atoms with E-state index in [9.17, 15) is 4.79 Å². The minimum Gasteiger partial charge on any atom is -0.295 e. The van der Waals surface area contributed by atoms with E-state index in [-0.39, 0.29) is 5.69 Å². The summed E-state index contributed by atoms with van der Waals surface area (Å²) >= 11 is 0. The van der Waals surface area contributed by atoms with Gasteiger partial charge < -0.3 is 0 Å². The highest BCUT2D eigenvalue weighted by Gasteiger charge is 2.47. The Labute approximate surface area is 318 Å². The summed E-state index contributed by atoms with van der Waals surface area (Å²) in [5.41, 5.74) is 13.0. The van der Waals surface area contributed by atoms with E-state index >= 15 is 0 Å². The van der Waals surface area contributed by atoms with Crippen LogP contribution in [0.5, 0.6) is 0 Å². The third-order valence-electron chi connectivity index (χ3n) is 11.1. The Morgan fingerprint density at radius 2 is 0.909 bits per heavy atom. The highest BCUT2D eigenvalue weighted by atomic mass is 16.1. The molecule has 0 N–H and O–H groups in total. The summed E-state index contributed by atoms with van der Waals surface area (Å²) in [4.78, 5) is 28.5. The monoisotopic (exact) mass is 709 g/mol. The number of benzene rings is 7. The summed E-state index contributed by atoms with van der Waals surface area (Å²) in [7, 11) is 3.63. The topological polar surface area (TPSA) is 65.6 Å². The first kappa shape index (κ1) is 32.5. The minimum absolute atomic E-state index is 0.0516.